The Balaban J connectivity index is 2.19. The highest BCUT2D eigenvalue weighted by atomic mass is 79.9. The van der Waals surface area contributed by atoms with Crippen molar-refractivity contribution in [1.29, 1.82) is 5.26 Å². The number of carbonyl (C=O) groups excluding carboxylic acids is 1. The van der Waals surface area contributed by atoms with Gasteiger partial charge >= 0.3 is 0 Å². The second-order valence-electron chi connectivity index (χ2n) is 4.33. The maximum absolute atomic E-state index is 12.1. The quantitative estimate of drug-likeness (QED) is 0.608. The van der Waals surface area contributed by atoms with Crippen LogP contribution in [0.2, 0.25) is 0 Å². The molecule has 1 aromatic carbocycles. The first-order valence-corrected chi connectivity index (χ1v) is 9.48. The summed E-state index contributed by atoms with van der Waals surface area (Å²) in [5, 5.41) is 11.1. The molecule has 10 heteroatoms. The van der Waals surface area contributed by atoms with Crippen molar-refractivity contribution in [2.75, 3.05) is 11.6 Å². The number of nitrogens with zero attached hydrogens (tertiary/aromatic N) is 3. The van der Waals surface area contributed by atoms with Crippen molar-refractivity contribution in [2.24, 2.45) is 0 Å². The molecule has 0 aliphatic heterocycles. The number of hydrogen-bond acceptors (Lipinski definition) is 7. The van der Waals surface area contributed by atoms with E-state index in [9.17, 15) is 13.2 Å². The van der Waals surface area contributed by atoms with Gasteiger partial charge in [0, 0.05) is 22.3 Å². The van der Waals surface area contributed by atoms with Crippen molar-refractivity contribution < 1.29 is 13.2 Å². The predicted octanol–water partition coefficient (Wildman–Crippen LogP) is 2.25. The zero-order chi connectivity index (χ0) is 17.0. The van der Waals surface area contributed by atoms with E-state index in [-0.39, 0.29) is 15.9 Å². The Morgan fingerprint density at radius 2 is 2.04 bits per heavy atom. The Kier molecular flexibility index (Phi) is 5.25. The molecule has 0 radical (unpaired) electrons. The molecule has 7 nitrogen and oxygen atoms in total. The van der Waals surface area contributed by atoms with Gasteiger partial charge in [0.15, 0.2) is 0 Å². The molecule has 0 saturated heterocycles. The summed E-state index contributed by atoms with van der Waals surface area (Å²) in [7, 11) is -3.54. The number of anilines is 1. The second-order valence-corrected chi connectivity index (χ2v) is 7.91. The summed E-state index contributed by atoms with van der Waals surface area (Å²) in [6.45, 7) is 0. The van der Waals surface area contributed by atoms with Crippen LogP contribution in [0.1, 0.15) is 5.56 Å². The summed E-state index contributed by atoms with van der Waals surface area (Å²) in [6.07, 6.45) is 2.38. The minimum atomic E-state index is -3.54. The molecule has 1 N–H and O–H groups in total. The molecule has 1 heterocycles. The zero-order valence-electron chi connectivity index (χ0n) is 11.6. The molecule has 2 aromatic rings. The number of rotatable bonds is 4. The molecule has 118 valence electrons. The van der Waals surface area contributed by atoms with Gasteiger partial charge in [-0.3, -0.25) is 10.1 Å². The maximum Gasteiger partial charge on any atom is 0.268 e. The van der Waals surface area contributed by atoms with Gasteiger partial charge in [-0.1, -0.05) is 28.1 Å². The van der Waals surface area contributed by atoms with E-state index in [0.717, 1.165) is 22.3 Å². The van der Waals surface area contributed by atoms with Crippen LogP contribution >= 0.6 is 27.5 Å². The van der Waals surface area contributed by atoms with Crippen LogP contribution in [0.3, 0.4) is 0 Å². The summed E-state index contributed by atoms with van der Waals surface area (Å²) in [5.74, 6) is -0.688. The highest BCUT2D eigenvalue weighted by Gasteiger charge is 2.17. The van der Waals surface area contributed by atoms with Crippen LogP contribution in [0.15, 0.2) is 39.5 Å². The number of aromatic nitrogens is 2. The molecule has 23 heavy (non-hydrogen) atoms. The van der Waals surface area contributed by atoms with E-state index in [1.807, 2.05) is 0 Å². The van der Waals surface area contributed by atoms with Gasteiger partial charge in [0.25, 0.3) is 11.1 Å². The average Bonchev–Trinajstić information content (AvgIpc) is 2.95. The van der Waals surface area contributed by atoms with Gasteiger partial charge in [0.2, 0.25) is 15.0 Å². The number of amides is 1. The third-order valence-corrected chi connectivity index (χ3v) is 4.63. The molecule has 0 saturated carbocycles. The van der Waals surface area contributed by atoms with E-state index in [0.29, 0.717) is 5.56 Å². The lowest BCUT2D eigenvalue weighted by Gasteiger charge is -2.00. The highest BCUT2D eigenvalue weighted by Crippen LogP contribution is 2.17. The van der Waals surface area contributed by atoms with Crippen molar-refractivity contribution in [2.45, 2.75) is 5.16 Å². The normalized spacial score (nSPS) is 11.8. The lowest BCUT2D eigenvalue weighted by atomic mass is 10.1. The number of benzene rings is 1. The van der Waals surface area contributed by atoms with Gasteiger partial charge in [-0.05, 0) is 23.8 Å². The molecule has 1 amide bonds. The summed E-state index contributed by atoms with van der Waals surface area (Å²) >= 11 is 4.02. The number of halogens is 1. The van der Waals surface area contributed by atoms with Gasteiger partial charge in [-0.2, -0.15) is 14.6 Å². The van der Waals surface area contributed by atoms with E-state index in [1.54, 1.807) is 30.3 Å². The topological polar surface area (TPSA) is 113 Å². The summed E-state index contributed by atoms with van der Waals surface area (Å²) in [6, 6.07) is 8.83. The van der Waals surface area contributed by atoms with E-state index in [4.69, 9.17) is 5.26 Å². The monoisotopic (exact) mass is 412 g/mol. The molecule has 0 fully saturated rings. The van der Waals surface area contributed by atoms with Crippen LogP contribution < -0.4 is 5.32 Å². The number of hydrogen-bond donors (Lipinski definition) is 1. The Bertz CT molecular complexity index is 911. The van der Waals surface area contributed by atoms with Gasteiger partial charge < -0.3 is 0 Å². The Morgan fingerprint density at radius 1 is 1.39 bits per heavy atom. The minimum absolute atomic E-state index is 0.00683. The maximum atomic E-state index is 12.1. The van der Waals surface area contributed by atoms with Gasteiger partial charge in [0.05, 0.1) is 0 Å². The van der Waals surface area contributed by atoms with Gasteiger partial charge in [-0.25, -0.2) is 8.42 Å². The van der Waals surface area contributed by atoms with Crippen molar-refractivity contribution in [3.8, 4) is 6.07 Å². The summed E-state index contributed by atoms with van der Waals surface area (Å²) in [4.78, 5) is 15.8. The van der Waals surface area contributed by atoms with E-state index >= 15 is 0 Å². The first-order chi connectivity index (χ1) is 10.8. The van der Waals surface area contributed by atoms with Crippen molar-refractivity contribution in [3.63, 3.8) is 0 Å². The highest BCUT2D eigenvalue weighted by molar-refractivity contribution is 9.10. The number of nitriles is 1. The molecule has 0 aliphatic carbocycles. The van der Waals surface area contributed by atoms with Crippen LogP contribution in [0.25, 0.3) is 6.08 Å². The van der Waals surface area contributed by atoms with E-state index in [2.05, 4.69) is 30.6 Å². The minimum Gasteiger partial charge on any atom is -0.296 e. The summed E-state index contributed by atoms with van der Waals surface area (Å²) in [5.41, 5.74) is 0.539. The smallest absolute Gasteiger partial charge is 0.268 e. The Labute approximate surface area is 144 Å². The molecule has 0 aliphatic rings. The predicted molar refractivity (Wildman–Crippen MR) is 89.4 cm³/mol. The molecular weight excluding hydrogens is 404 g/mol. The van der Waals surface area contributed by atoms with Crippen LogP contribution in [-0.2, 0) is 14.6 Å². The van der Waals surface area contributed by atoms with Crippen molar-refractivity contribution in [1.82, 2.24) is 9.36 Å². The number of sulfone groups is 1. The summed E-state index contributed by atoms with van der Waals surface area (Å²) < 4.78 is 27.1. The lowest BCUT2D eigenvalue weighted by molar-refractivity contribution is -0.112. The second kappa shape index (κ2) is 6.99. The average molecular weight is 413 g/mol. The fraction of sp³-hybridized carbons (Fsp3) is 0.0769. The third kappa shape index (κ3) is 4.69. The fourth-order valence-electron chi connectivity index (χ4n) is 1.45. The molecule has 0 atom stereocenters. The van der Waals surface area contributed by atoms with Crippen LogP contribution in [0.5, 0.6) is 0 Å². The zero-order valence-corrected chi connectivity index (χ0v) is 14.9. The largest absolute Gasteiger partial charge is 0.296 e. The molecular formula is C13H9BrN4O3S2. The van der Waals surface area contributed by atoms with E-state index < -0.39 is 15.7 Å². The molecule has 0 spiro atoms. The standard InChI is InChI=1S/C13H9BrN4O3S2/c1-23(20,21)13-17-12(22-18-13)16-11(19)9(7-15)6-8-2-4-10(14)5-3-8/h2-6H,1H3,(H,16,17,18,19)/b9-6-. The van der Waals surface area contributed by atoms with Crippen LogP contribution in [0.4, 0.5) is 5.13 Å². The number of nitrogens with one attached hydrogen (secondary N) is 1. The van der Waals surface area contributed by atoms with Gasteiger partial charge in [0.1, 0.15) is 11.6 Å². The number of carbonyl (C=O) groups is 1. The molecule has 1 aromatic heterocycles. The van der Waals surface area contributed by atoms with Gasteiger partial charge in [-0.15, -0.1) is 0 Å². The van der Waals surface area contributed by atoms with Crippen molar-refractivity contribution >= 4 is 54.4 Å². The SMILES string of the molecule is CS(=O)(=O)c1nsc(NC(=O)/C(C#N)=C\c2ccc(Br)cc2)n1. The molecule has 0 unspecified atom stereocenters. The molecule has 0 bridgehead atoms. The van der Waals surface area contributed by atoms with E-state index in [1.165, 1.54) is 6.08 Å². The fourth-order valence-corrected chi connectivity index (χ4v) is 3.15. The third-order valence-electron chi connectivity index (χ3n) is 2.51. The molecule has 2 rings (SSSR count). The van der Waals surface area contributed by atoms with Crippen molar-refractivity contribution in [3.05, 3.63) is 39.9 Å². The Hall–Kier alpha value is -2.09. The lowest BCUT2D eigenvalue weighted by Crippen LogP contribution is -2.13. The first-order valence-electron chi connectivity index (χ1n) is 6.02. The first kappa shape index (κ1) is 17.3. The van der Waals surface area contributed by atoms with Crippen LogP contribution in [-0.4, -0.2) is 29.9 Å². The Morgan fingerprint density at radius 3 is 2.57 bits per heavy atom. The van der Waals surface area contributed by atoms with Crippen LogP contribution in [0, 0.1) is 11.3 Å².